The molecule has 4 rings (SSSR count). The zero-order chi connectivity index (χ0) is 15.8. The van der Waals surface area contributed by atoms with Gasteiger partial charge in [-0.3, -0.25) is 0 Å². The van der Waals surface area contributed by atoms with E-state index in [9.17, 15) is 0 Å². The van der Waals surface area contributed by atoms with Crippen molar-refractivity contribution in [2.75, 3.05) is 5.32 Å². The minimum absolute atomic E-state index is 0.110. The van der Waals surface area contributed by atoms with Gasteiger partial charge in [0.05, 0.1) is 12.1 Å². The Balaban J connectivity index is 1.73. The number of nitrogens with zero attached hydrogens (tertiary/aromatic N) is 4. The van der Waals surface area contributed by atoms with Gasteiger partial charge in [-0.1, -0.05) is 61.2 Å². The van der Waals surface area contributed by atoms with Crippen LogP contribution in [-0.2, 0) is 0 Å². The van der Waals surface area contributed by atoms with Gasteiger partial charge in [-0.05, 0) is 52.2 Å². The van der Waals surface area contributed by atoms with Crippen LogP contribution in [0.4, 0.5) is 5.95 Å². The van der Waals surface area contributed by atoms with E-state index < -0.39 is 0 Å². The molecule has 0 amide bonds. The molecule has 1 aliphatic heterocycles. The SMILES string of the molecule is Brc1ccc([C@H]2C[C@@H](c3cccc(Br)c3)Nc3nnnn32)cc1. The molecule has 3 aromatic rings. The fraction of sp³-hybridized carbons (Fsp3) is 0.188. The first-order valence-corrected chi connectivity index (χ1v) is 8.84. The number of hydrogen-bond acceptors (Lipinski definition) is 4. The molecular weight excluding hydrogens is 422 g/mol. The second-order valence-corrected chi connectivity index (χ2v) is 7.33. The van der Waals surface area contributed by atoms with Crippen molar-refractivity contribution >= 4 is 37.8 Å². The molecule has 1 N–H and O–H groups in total. The van der Waals surface area contributed by atoms with Crippen molar-refractivity contribution in [1.82, 2.24) is 20.2 Å². The topological polar surface area (TPSA) is 55.6 Å². The molecule has 2 aromatic carbocycles. The number of benzene rings is 2. The maximum Gasteiger partial charge on any atom is 0.243 e. The van der Waals surface area contributed by atoms with E-state index in [1.807, 2.05) is 16.8 Å². The number of anilines is 1. The van der Waals surface area contributed by atoms with Crippen LogP contribution in [-0.4, -0.2) is 20.2 Å². The molecule has 5 nitrogen and oxygen atoms in total. The lowest BCUT2D eigenvalue weighted by atomic mass is 9.93. The lowest BCUT2D eigenvalue weighted by Gasteiger charge is -2.31. The van der Waals surface area contributed by atoms with E-state index in [2.05, 4.69) is 89.1 Å². The summed E-state index contributed by atoms with van der Waals surface area (Å²) in [5.41, 5.74) is 2.42. The van der Waals surface area contributed by atoms with Crippen LogP contribution in [0.1, 0.15) is 29.6 Å². The largest absolute Gasteiger partial charge is 0.346 e. The summed E-state index contributed by atoms with van der Waals surface area (Å²) in [7, 11) is 0. The zero-order valence-electron chi connectivity index (χ0n) is 12.0. The Morgan fingerprint density at radius 3 is 2.61 bits per heavy atom. The molecule has 0 aliphatic carbocycles. The van der Waals surface area contributed by atoms with Gasteiger partial charge in [0.15, 0.2) is 0 Å². The van der Waals surface area contributed by atoms with E-state index in [1.54, 1.807) is 0 Å². The maximum absolute atomic E-state index is 4.15. The quantitative estimate of drug-likeness (QED) is 0.651. The molecule has 116 valence electrons. The highest BCUT2D eigenvalue weighted by atomic mass is 79.9. The second-order valence-electron chi connectivity index (χ2n) is 5.50. The maximum atomic E-state index is 4.15. The van der Waals surface area contributed by atoms with Crippen LogP contribution in [0.25, 0.3) is 0 Å². The first-order valence-electron chi connectivity index (χ1n) is 7.26. The Hall–Kier alpha value is -1.73. The van der Waals surface area contributed by atoms with Gasteiger partial charge in [0.25, 0.3) is 0 Å². The van der Waals surface area contributed by atoms with Gasteiger partial charge in [-0.15, -0.1) is 0 Å². The molecular formula is C16H13Br2N5. The van der Waals surface area contributed by atoms with Gasteiger partial charge in [-0.25, -0.2) is 4.68 Å². The van der Waals surface area contributed by atoms with E-state index in [4.69, 9.17) is 0 Å². The summed E-state index contributed by atoms with van der Waals surface area (Å²) in [4.78, 5) is 0. The molecule has 0 unspecified atom stereocenters. The predicted molar refractivity (Wildman–Crippen MR) is 95.2 cm³/mol. The molecule has 2 heterocycles. The first kappa shape index (κ1) is 14.8. The highest BCUT2D eigenvalue weighted by Gasteiger charge is 2.30. The summed E-state index contributed by atoms with van der Waals surface area (Å²) in [6, 6.07) is 16.9. The van der Waals surface area contributed by atoms with Crippen molar-refractivity contribution in [1.29, 1.82) is 0 Å². The molecule has 1 aliphatic rings. The van der Waals surface area contributed by atoms with Crippen molar-refractivity contribution < 1.29 is 0 Å². The molecule has 0 spiro atoms. The van der Waals surface area contributed by atoms with Crippen molar-refractivity contribution in [3.63, 3.8) is 0 Å². The highest BCUT2D eigenvalue weighted by molar-refractivity contribution is 9.10. The molecule has 7 heteroatoms. The number of nitrogens with one attached hydrogen (secondary N) is 1. The van der Waals surface area contributed by atoms with Crippen LogP contribution >= 0.6 is 31.9 Å². The number of tetrazole rings is 1. The number of halogens is 2. The zero-order valence-corrected chi connectivity index (χ0v) is 15.2. The van der Waals surface area contributed by atoms with Crippen LogP contribution < -0.4 is 5.32 Å². The third kappa shape index (κ3) is 2.90. The Kier molecular flexibility index (Phi) is 3.90. The highest BCUT2D eigenvalue weighted by Crippen LogP contribution is 2.37. The fourth-order valence-corrected chi connectivity index (χ4v) is 3.62. The van der Waals surface area contributed by atoms with Crippen molar-refractivity contribution in [3.05, 3.63) is 68.6 Å². The third-order valence-electron chi connectivity index (χ3n) is 4.06. The van der Waals surface area contributed by atoms with E-state index in [0.717, 1.165) is 15.4 Å². The third-order valence-corrected chi connectivity index (χ3v) is 5.08. The summed E-state index contributed by atoms with van der Waals surface area (Å²) < 4.78 is 4.00. The van der Waals surface area contributed by atoms with E-state index >= 15 is 0 Å². The lowest BCUT2D eigenvalue weighted by Crippen LogP contribution is -2.28. The van der Waals surface area contributed by atoms with Gasteiger partial charge in [0, 0.05) is 8.95 Å². The Bertz CT molecular complexity index is 830. The van der Waals surface area contributed by atoms with Crippen LogP contribution in [0.5, 0.6) is 0 Å². The fourth-order valence-electron chi connectivity index (χ4n) is 2.94. The summed E-state index contributed by atoms with van der Waals surface area (Å²) >= 11 is 7.03. The van der Waals surface area contributed by atoms with Crippen LogP contribution in [0.3, 0.4) is 0 Å². The van der Waals surface area contributed by atoms with Crippen LogP contribution in [0.2, 0.25) is 0 Å². The number of fused-ring (bicyclic) bond motifs is 1. The molecule has 0 fully saturated rings. The Morgan fingerprint density at radius 1 is 1.00 bits per heavy atom. The van der Waals surface area contributed by atoms with Gasteiger partial charge in [-0.2, -0.15) is 0 Å². The van der Waals surface area contributed by atoms with Gasteiger partial charge >= 0.3 is 0 Å². The molecule has 0 saturated heterocycles. The average Bonchev–Trinajstić information content (AvgIpc) is 3.03. The summed E-state index contributed by atoms with van der Waals surface area (Å²) in [5, 5.41) is 15.5. The minimum Gasteiger partial charge on any atom is -0.346 e. The standard InChI is InChI=1S/C16H13Br2N5/c17-12-6-4-10(5-7-12)15-9-14(11-2-1-3-13(18)8-11)19-16-20-21-22-23(15)16/h1-8,14-15H,9H2,(H,19,20,22)/t14-,15+/m0/s1. The van der Waals surface area contributed by atoms with E-state index in [1.165, 1.54) is 11.1 Å². The van der Waals surface area contributed by atoms with Crippen molar-refractivity contribution in [2.24, 2.45) is 0 Å². The molecule has 0 saturated carbocycles. The van der Waals surface area contributed by atoms with Gasteiger partial charge in [0.1, 0.15) is 0 Å². The minimum atomic E-state index is 0.110. The van der Waals surface area contributed by atoms with Gasteiger partial charge in [0.2, 0.25) is 5.95 Å². The smallest absolute Gasteiger partial charge is 0.243 e. The monoisotopic (exact) mass is 433 g/mol. The normalized spacial score (nSPS) is 19.9. The summed E-state index contributed by atoms with van der Waals surface area (Å²) in [6.07, 6.45) is 0.885. The molecule has 0 radical (unpaired) electrons. The first-order chi connectivity index (χ1) is 11.2. The van der Waals surface area contributed by atoms with Crippen molar-refractivity contribution in [3.8, 4) is 0 Å². The summed E-state index contributed by atoms with van der Waals surface area (Å²) in [5.74, 6) is 0.703. The van der Waals surface area contributed by atoms with Crippen molar-refractivity contribution in [2.45, 2.75) is 18.5 Å². The predicted octanol–water partition coefficient (Wildman–Crippen LogP) is 4.34. The second kappa shape index (κ2) is 6.05. The lowest BCUT2D eigenvalue weighted by molar-refractivity contribution is 0.423. The van der Waals surface area contributed by atoms with Gasteiger partial charge < -0.3 is 5.32 Å². The summed E-state index contributed by atoms with van der Waals surface area (Å²) in [6.45, 7) is 0. The Labute approximate surface area is 150 Å². The van der Waals surface area contributed by atoms with E-state index in [-0.39, 0.29) is 12.1 Å². The molecule has 1 aromatic heterocycles. The average molecular weight is 435 g/mol. The Morgan fingerprint density at radius 2 is 1.83 bits per heavy atom. The van der Waals surface area contributed by atoms with Crippen LogP contribution in [0, 0.1) is 0 Å². The van der Waals surface area contributed by atoms with E-state index in [0.29, 0.717) is 5.95 Å². The number of hydrogen-bond donors (Lipinski definition) is 1. The molecule has 0 bridgehead atoms. The number of rotatable bonds is 2. The molecule has 2 atom stereocenters. The number of aromatic nitrogens is 4. The molecule has 23 heavy (non-hydrogen) atoms. The van der Waals surface area contributed by atoms with Crippen LogP contribution in [0.15, 0.2) is 57.5 Å².